The normalized spacial score (nSPS) is 10.8. The SMILES string of the molecule is COc1cc(/C=C(/C#N)C(=O)Nc2ccc(Cl)cc2)ccc1OCc1cccc(C(=O)O)c1. The molecule has 3 rings (SSSR count). The second-order valence-corrected chi connectivity index (χ2v) is 7.27. The van der Waals surface area contributed by atoms with E-state index in [2.05, 4.69) is 5.32 Å². The van der Waals surface area contributed by atoms with Crippen molar-refractivity contribution < 1.29 is 24.2 Å². The van der Waals surface area contributed by atoms with E-state index in [0.29, 0.717) is 33.3 Å². The molecule has 0 aromatic heterocycles. The highest BCUT2D eigenvalue weighted by Crippen LogP contribution is 2.30. The first-order chi connectivity index (χ1) is 15.9. The van der Waals surface area contributed by atoms with Gasteiger partial charge in [0.25, 0.3) is 5.91 Å². The first-order valence-electron chi connectivity index (χ1n) is 9.71. The summed E-state index contributed by atoms with van der Waals surface area (Å²) in [4.78, 5) is 23.6. The van der Waals surface area contributed by atoms with Gasteiger partial charge in [0.1, 0.15) is 18.2 Å². The van der Waals surface area contributed by atoms with Gasteiger partial charge in [-0.3, -0.25) is 4.79 Å². The fourth-order valence-corrected chi connectivity index (χ4v) is 3.02. The molecule has 0 fully saturated rings. The van der Waals surface area contributed by atoms with Gasteiger partial charge in [-0.15, -0.1) is 0 Å². The minimum absolute atomic E-state index is 0.0915. The maximum absolute atomic E-state index is 12.5. The zero-order valence-electron chi connectivity index (χ0n) is 17.5. The van der Waals surface area contributed by atoms with Gasteiger partial charge in [-0.2, -0.15) is 5.26 Å². The van der Waals surface area contributed by atoms with Crippen LogP contribution in [-0.4, -0.2) is 24.1 Å². The number of aromatic carboxylic acids is 1. The van der Waals surface area contributed by atoms with E-state index < -0.39 is 11.9 Å². The van der Waals surface area contributed by atoms with Crippen LogP contribution in [0.3, 0.4) is 0 Å². The summed E-state index contributed by atoms with van der Waals surface area (Å²) in [5, 5.41) is 21.7. The summed E-state index contributed by atoms with van der Waals surface area (Å²) < 4.78 is 11.2. The number of amides is 1. The summed E-state index contributed by atoms with van der Waals surface area (Å²) in [6, 6.07) is 19.8. The van der Waals surface area contributed by atoms with Crippen LogP contribution in [0.1, 0.15) is 21.5 Å². The standard InChI is InChI=1S/C25H19ClN2O5/c1-32-23-13-16(11-19(14-27)24(29)28-21-8-6-20(26)7-9-21)5-10-22(23)33-15-17-3-2-4-18(12-17)25(30)31/h2-13H,15H2,1H3,(H,28,29)(H,30,31)/b19-11-. The Morgan fingerprint density at radius 1 is 1.09 bits per heavy atom. The third-order valence-electron chi connectivity index (χ3n) is 4.53. The van der Waals surface area contributed by atoms with Crippen LogP contribution in [0, 0.1) is 11.3 Å². The minimum Gasteiger partial charge on any atom is -0.493 e. The Morgan fingerprint density at radius 2 is 1.85 bits per heavy atom. The average molecular weight is 463 g/mol. The van der Waals surface area contributed by atoms with Crippen molar-refractivity contribution >= 4 is 35.2 Å². The number of methoxy groups -OCH3 is 1. The monoisotopic (exact) mass is 462 g/mol. The Morgan fingerprint density at radius 3 is 2.52 bits per heavy atom. The predicted octanol–water partition coefficient (Wildman–Crippen LogP) is 5.17. The summed E-state index contributed by atoms with van der Waals surface area (Å²) >= 11 is 5.84. The molecule has 0 bridgehead atoms. The molecule has 0 aliphatic carbocycles. The molecule has 0 heterocycles. The smallest absolute Gasteiger partial charge is 0.335 e. The van der Waals surface area contributed by atoms with Gasteiger partial charge >= 0.3 is 5.97 Å². The Hall–Kier alpha value is -4.28. The summed E-state index contributed by atoms with van der Waals surface area (Å²) in [7, 11) is 1.47. The quantitative estimate of drug-likeness (QED) is 0.353. The summed E-state index contributed by atoms with van der Waals surface area (Å²) in [5.41, 5.74) is 1.84. The van der Waals surface area contributed by atoms with Crippen molar-refractivity contribution in [1.29, 1.82) is 5.26 Å². The van der Waals surface area contributed by atoms with Crippen molar-refractivity contribution in [3.8, 4) is 17.6 Å². The number of nitriles is 1. The zero-order valence-corrected chi connectivity index (χ0v) is 18.3. The van der Waals surface area contributed by atoms with Gasteiger partial charge in [-0.1, -0.05) is 29.8 Å². The van der Waals surface area contributed by atoms with Gasteiger partial charge in [-0.05, 0) is 65.7 Å². The number of carbonyl (C=O) groups excluding carboxylic acids is 1. The number of rotatable bonds is 8. The molecule has 0 spiro atoms. The molecule has 0 aliphatic rings. The molecule has 0 saturated heterocycles. The molecule has 3 aromatic carbocycles. The van der Waals surface area contributed by atoms with E-state index in [1.165, 1.54) is 25.3 Å². The van der Waals surface area contributed by atoms with Crippen molar-refractivity contribution in [3.63, 3.8) is 0 Å². The van der Waals surface area contributed by atoms with E-state index >= 15 is 0 Å². The molecule has 0 aliphatic heterocycles. The lowest BCUT2D eigenvalue weighted by Gasteiger charge is -2.12. The van der Waals surface area contributed by atoms with Crippen molar-refractivity contribution in [2.24, 2.45) is 0 Å². The predicted molar refractivity (Wildman–Crippen MR) is 124 cm³/mol. The van der Waals surface area contributed by atoms with Gasteiger partial charge in [-0.25, -0.2) is 4.79 Å². The first kappa shape index (κ1) is 23.4. The molecule has 3 aromatic rings. The number of halogens is 1. The van der Waals surface area contributed by atoms with Gasteiger partial charge in [0.2, 0.25) is 0 Å². The third-order valence-corrected chi connectivity index (χ3v) is 4.79. The van der Waals surface area contributed by atoms with Gasteiger partial charge < -0.3 is 19.9 Å². The molecule has 7 nitrogen and oxygen atoms in total. The highest BCUT2D eigenvalue weighted by molar-refractivity contribution is 6.30. The molecular weight excluding hydrogens is 444 g/mol. The van der Waals surface area contributed by atoms with Gasteiger partial charge in [0.15, 0.2) is 11.5 Å². The van der Waals surface area contributed by atoms with Crippen LogP contribution >= 0.6 is 11.6 Å². The maximum atomic E-state index is 12.5. The number of nitrogens with zero attached hydrogens (tertiary/aromatic N) is 1. The fraction of sp³-hybridized carbons (Fsp3) is 0.0800. The molecule has 0 unspecified atom stereocenters. The molecule has 1 amide bonds. The molecule has 0 atom stereocenters. The van der Waals surface area contributed by atoms with Crippen LogP contribution in [0.5, 0.6) is 11.5 Å². The van der Waals surface area contributed by atoms with Crippen LogP contribution in [0.2, 0.25) is 5.02 Å². The van der Waals surface area contributed by atoms with Crippen LogP contribution in [0.25, 0.3) is 6.08 Å². The molecular formula is C25H19ClN2O5. The summed E-state index contributed by atoms with van der Waals surface area (Å²) in [6.07, 6.45) is 1.44. The number of hydrogen-bond donors (Lipinski definition) is 2. The second-order valence-electron chi connectivity index (χ2n) is 6.84. The second kappa shape index (κ2) is 10.8. The number of benzene rings is 3. The summed E-state index contributed by atoms with van der Waals surface area (Å²) in [6.45, 7) is 0.139. The highest BCUT2D eigenvalue weighted by Gasteiger charge is 2.12. The molecule has 0 radical (unpaired) electrons. The highest BCUT2D eigenvalue weighted by atomic mass is 35.5. The van der Waals surface area contributed by atoms with Gasteiger partial charge in [0, 0.05) is 10.7 Å². The maximum Gasteiger partial charge on any atom is 0.335 e. The molecule has 0 saturated carbocycles. The Labute approximate surface area is 195 Å². The number of ether oxygens (including phenoxy) is 2. The number of carbonyl (C=O) groups is 2. The molecule has 166 valence electrons. The average Bonchev–Trinajstić information content (AvgIpc) is 2.83. The van der Waals surface area contributed by atoms with Crippen molar-refractivity contribution in [2.75, 3.05) is 12.4 Å². The van der Waals surface area contributed by atoms with E-state index in [1.807, 2.05) is 6.07 Å². The topological polar surface area (TPSA) is 109 Å². The number of carboxylic acid groups (broad SMARTS) is 1. The number of nitrogens with one attached hydrogen (secondary N) is 1. The number of anilines is 1. The zero-order chi connectivity index (χ0) is 23.8. The van der Waals surface area contributed by atoms with Crippen molar-refractivity contribution in [2.45, 2.75) is 6.61 Å². The molecule has 2 N–H and O–H groups in total. The van der Waals surface area contributed by atoms with Crippen LogP contribution in [0.15, 0.2) is 72.3 Å². The Balaban J connectivity index is 1.74. The number of hydrogen-bond acceptors (Lipinski definition) is 5. The molecule has 33 heavy (non-hydrogen) atoms. The lowest BCUT2D eigenvalue weighted by molar-refractivity contribution is -0.112. The lowest BCUT2D eigenvalue weighted by atomic mass is 10.1. The molecule has 8 heteroatoms. The van der Waals surface area contributed by atoms with E-state index in [9.17, 15) is 14.9 Å². The van der Waals surface area contributed by atoms with E-state index in [-0.39, 0.29) is 17.7 Å². The largest absolute Gasteiger partial charge is 0.493 e. The third kappa shape index (κ3) is 6.35. The Bertz CT molecular complexity index is 1250. The van der Waals surface area contributed by atoms with E-state index in [1.54, 1.807) is 54.6 Å². The van der Waals surface area contributed by atoms with Crippen LogP contribution < -0.4 is 14.8 Å². The van der Waals surface area contributed by atoms with Crippen LogP contribution in [-0.2, 0) is 11.4 Å². The first-order valence-corrected chi connectivity index (χ1v) is 10.1. The minimum atomic E-state index is -1.01. The van der Waals surface area contributed by atoms with E-state index in [0.717, 1.165) is 0 Å². The van der Waals surface area contributed by atoms with Crippen molar-refractivity contribution in [3.05, 3.63) is 94.0 Å². The Kier molecular flexibility index (Phi) is 7.68. The van der Waals surface area contributed by atoms with Gasteiger partial charge in [0.05, 0.1) is 12.7 Å². The van der Waals surface area contributed by atoms with Crippen LogP contribution in [0.4, 0.5) is 5.69 Å². The number of carboxylic acids is 1. The fourth-order valence-electron chi connectivity index (χ4n) is 2.90. The lowest BCUT2D eigenvalue weighted by Crippen LogP contribution is -2.13. The summed E-state index contributed by atoms with van der Waals surface area (Å²) in [5.74, 6) is -0.746. The van der Waals surface area contributed by atoms with E-state index in [4.69, 9.17) is 26.2 Å². The van der Waals surface area contributed by atoms with Crippen molar-refractivity contribution in [1.82, 2.24) is 0 Å².